The molecule has 0 radical (unpaired) electrons. The van der Waals surface area contributed by atoms with Gasteiger partial charge in [-0.2, -0.15) is 0 Å². The third kappa shape index (κ3) is 7.70. The van der Waals surface area contributed by atoms with E-state index in [1.807, 2.05) is 20.8 Å². The summed E-state index contributed by atoms with van der Waals surface area (Å²) in [6.07, 6.45) is 0. The van der Waals surface area contributed by atoms with Crippen molar-refractivity contribution in [2.75, 3.05) is 18.6 Å². The van der Waals surface area contributed by atoms with Crippen molar-refractivity contribution in [3.8, 4) is 0 Å². The number of carbonyl (C=O) groups is 2. The van der Waals surface area contributed by atoms with Crippen molar-refractivity contribution >= 4 is 58.7 Å². The second kappa shape index (κ2) is 9.06. The molecule has 0 saturated heterocycles. The Balaban J connectivity index is 2.69. The molecule has 0 atom stereocenters. The molecule has 128 valence electrons. The fourth-order valence-electron chi connectivity index (χ4n) is 1.43. The van der Waals surface area contributed by atoms with E-state index in [0.29, 0.717) is 19.8 Å². The Hall–Kier alpha value is -0.560. The predicted octanol–water partition coefficient (Wildman–Crippen LogP) is 4.69. The first-order chi connectivity index (χ1) is 10.6. The van der Waals surface area contributed by atoms with Crippen molar-refractivity contribution in [2.45, 2.75) is 36.2 Å². The lowest BCUT2D eigenvalue weighted by Gasteiger charge is -2.19. The molecule has 23 heavy (non-hydrogen) atoms. The van der Waals surface area contributed by atoms with E-state index in [2.05, 4.69) is 4.74 Å². The average molecular weight is 397 g/mol. The standard InChI is InChI=1S/C15H18Cl2O4S2/c1-15(2,3)21-14(19)8-23-12-6-9(16)11(5-10(12)17)22-7-13(18)20-4/h5-6H,7-8H2,1-4H3. The quantitative estimate of drug-likeness (QED) is 0.513. The number of methoxy groups -OCH3 is 1. The second-order valence-corrected chi connectivity index (χ2v) is 8.30. The zero-order valence-electron chi connectivity index (χ0n) is 13.3. The molecule has 0 aliphatic heterocycles. The molecular formula is C15H18Cl2O4S2. The summed E-state index contributed by atoms with van der Waals surface area (Å²) in [5, 5.41) is 0.935. The Labute approximate surface area is 154 Å². The first kappa shape index (κ1) is 20.5. The molecule has 0 bridgehead atoms. The highest BCUT2D eigenvalue weighted by atomic mass is 35.5. The van der Waals surface area contributed by atoms with Gasteiger partial charge in [-0.3, -0.25) is 9.59 Å². The van der Waals surface area contributed by atoms with Gasteiger partial charge in [-0.1, -0.05) is 23.2 Å². The Morgan fingerprint density at radius 1 is 1.00 bits per heavy atom. The molecule has 4 nitrogen and oxygen atoms in total. The fraction of sp³-hybridized carbons (Fsp3) is 0.467. The van der Waals surface area contributed by atoms with E-state index in [9.17, 15) is 9.59 Å². The molecule has 1 rings (SSSR count). The van der Waals surface area contributed by atoms with E-state index < -0.39 is 5.60 Å². The smallest absolute Gasteiger partial charge is 0.316 e. The van der Waals surface area contributed by atoms with Gasteiger partial charge in [-0.15, -0.1) is 23.5 Å². The molecule has 0 spiro atoms. The summed E-state index contributed by atoms with van der Waals surface area (Å²) in [6.45, 7) is 5.44. The van der Waals surface area contributed by atoms with Crippen molar-refractivity contribution in [1.82, 2.24) is 0 Å². The maximum absolute atomic E-state index is 11.7. The number of hydrogen-bond donors (Lipinski definition) is 0. The SMILES string of the molecule is COC(=O)CSc1cc(Cl)c(SCC(=O)OC(C)(C)C)cc1Cl. The summed E-state index contributed by atoms with van der Waals surface area (Å²) in [5.74, 6) is -0.372. The molecule has 0 saturated carbocycles. The van der Waals surface area contributed by atoms with Gasteiger partial charge in [0.05, 0.1) is 28.7 Å². The van der Waals surface area contributed by atoms with Gasteiger partial charge in [0, 0.05) is 9.79 Å². The van der Waals surface area contributed by atoms with Crippen LogP contribution < -0.4 is 0 Å². The number of ether oxygens (including phenoxy) is 2. The molecule has 0 aromatic heterocycles. The lowest BCUT2D eigenvalue weighted by molar-refractivity contribution is -0.151. The van der Waals surface area contributed by atoms with Crippen LogP contribution in [0.3, 0.4) is 0 Å². The third-order valence-corrected chi connectivity index (χ3v) is 5.23. The Bertz CT molecular complexity index is 586. The van der Waals surface area contributed by atoms with E-state index in [-0.39, 0.29) is 23.4 Å². The van der Waals surface area contributed by atoms with Gasteiger partial charge in [0.1, 0.15) is 5.60 Å². The topological polar surface area (TPSA) is 52.6 Å². The van der Waals surface area contributed by atoms with Crippen molar-refractivity contribution in [3.05, 3.63) is 22.2 Å². The lowest BCUT2D eigenvalue weighted by Crippen LogP contribution is -2.24. The Morgan fingerprint density at radius 3 is 1.83 bits per heavy atom. The zero-order valence-corrected chi connectivity index (χ0v) is 16.4. The maximum atomic E-state index is 11.7. The van der Waals surface area contributed by atoms with E-state index in [1.54, 1.807) is 12.1 Å². The first-order valence-corrected chi connectivity index (χ1v) is 9.38. The van der Waals surface area contributed by atoms with Crippen LogP contribution in [0, 0.1) is 0 Å². The number of esters is 2. The van der Waals surface area contributed by atoms with E-state index in [0.717, 1.165) is 0 Å². The van der Waals surface area contributed by atoms with Crippen LogP contribution in [0.1, 0.15) is 20.8 Å². The van der Waals surface area contributed by atoms with E-state index in [4.69, 9.17) is 27.9 Å². The maximum Gasteiger partial charge on any atom is 0.316 e. The number of benzene rings is 1. The molecule has 0 aliphatic carbocycles. The monoisotopic (exact) mass is 396 g/mol. The summed E-state index contributed by atoms with van der Waals surface area (Å²) in [5.41, 5.74) is -0.520. The molecular weight excluding hydrogens is 379 g/mol. The largest absolute Gasteiger partial charge is 0.468 e. The highest BCUT2D eigenvalue weighted by Crippen LogP contribution is 2.37. The summed E-state index contributed by atoms with van der Waals surface area (Å²) < 4.78 is 9.82. The molecule has 1 aromatic carbocycles. The second-order valence-electron chi connectivity index (χ2n) is 5.45. The third-order valence-electron chi connectivity index (χ3n) is 2.33. The molecule has 0 amide bonds. The summed E-state index contributed by atoms with van der Waals surface area (Å²) in [4.78, 5) is 24.3. The molecule has 1 aromatic rings. The summed E-state index contributed by atoms with van der Waals surface area (Å²) in [6, 6.07) is 3.35. The van der Waals surface area contributed by atoms with Crippen LogP contribution in [0.2, 0.25) is 10.0 Å². The van der Waals surface area contributed by atoms with Crippen molar-refractivity contribution in [1.29, 1.82) is 0 Å². The van der Waals surface area contributed by atoms with Gasteiger partial charge in [0.25, 0.3) is 0 Å². The average Bonchev–Trinajstić information content (AvgIpc) is 2.44. The van der Waals surface area contributed by atoms with Crippen LogP contribution in [0.15, 0.2) is 21.9 Å². The normalized spacial score (nSPS) is 11.2. The van der Waals surface area contributed by atoms with Crippen molar-refractivity contribution < 1.29 is 19.1 Å². The predicted molar refractivity (Wildman–Crippen MR) is 95.8 cm³/mol. The summed E-state index contributed by atoms with van der Waals surface area (Å²) in [7, 11) is 1.33. The molecule has 0 N–H and O–H groups in total. The lowest BCUT2D eigenvalue weighted by atomic mass is 10.2. The molecule has 0 unspecified atom stereocenters. The minimum Gasteiger partial charge on any atom is -0.468 e. The van der Waals surface area contributed by atoms with Crippen LogP contribution in [0.4, 0.5) is 0 Å². The van der Waals surface area contributed by atoms with E-state index >= 15 is 0 Å². The molecule has 8 heteroatoms. The van der Waals surface area contributed by atoms with E-state index in [1.165, 1.54) is 30.6 Å². The number of carbonyl (C=O) groups excluding carboxylic acids is 2. The zero-order chi connectivity index (χ0) is 17.6. The number of halogens is 2. The number of rotatable bonds is 6. The van der Waals surface area contributed by atoms with Crippen molar-refractivity contribution in [3.63, 3.8) is 0 Å². The summed E-state index contributed by atoms with van der Waals surface area (Å²) >= 11 is 14.9. The van der Waals surface area contributed by atoms with Crippen LogP contribution in [0.25, 0.3) is 0 Å². The van der Waals surface area contributed by atoms with Gasteiger partial charge in [0.15, 0.2) is 0 Å². The molecule has 0 fully saturated rings. The van der Waals surface area contributed by atoms with Crippen LogP contribution in [0.5, 0.6) is 0 Å². The number of hydrogen-bond acceptors (Lipinski definition) is 6. The minimum absolute atomic E-state index is 0.141. The van der Waals surface area contributed by atoms with Gasteiger partial charge in [-0.25, -0.2) is 0 Å². The van der Waals surface area contributed by atoms with Gasteiger partial charge in [0.2, 0.25) is 0 Å². The first-order valence-electron chi connectivity index (χ1n) is 6.65. The molecule has 0 heterocycles. The van der Waals surface area contributed by atoms with Gasteiger partial charge < -0.3 is 9.47 Å². The van der Waals surface area contributed by atoms with Gasteiger partial charge in [-0.05, 0) is 32.9 Å². The minimum atomic E-state index is -0.520. The Morgan fingerprint density at radius 2 is 1.43 bits per heavy atom. The van der Waals surface area contributed by atoms with Gasteiger partial charge >= 0.3 is 11.9 Å². The van der Waals surface area contributed by atoms with Crippen LogP contribution >= 0.6 is 46.7 Å². The van der Waals surface area contributed by atoms with Crippen LogP contribution in [-0.4, -0.2) is 36.2 Å². The number of thioether (sulfide) groups is 2. The van der Waals surface area contributed by atoms with Crippen LogP contribution in [-0.2, 0) is 19.1 Å². The highest BCUT2D eigenvalue weighted by Gasteiger charge is 2.17. The molecule has 0 aliphatic rings. The van der Waals surface area contributed by atoms with Crippen molar-refractivity contribution in [2.24, 2.45) is 0 Å². The fourth-order valence-corrected chi connectivity index (χ4v) is 3.74. The Kier molecular flexibility index (Phi) is 8.07. The highest BCUT2D eigenvalue weighted by molar-refractivity contribution is 8.00.